The van der Waals surface area contributed by atoms with E-state index in [9.17, 15) is 0 Å². The van der Waals surface area contributed by atoms with Gasteiger partial charge in [-0.05, 0) is 58.7 Å². The predicted molar refractivity (Wildman–Crippen MR) is 73.1 cm³/mol. The molecule has 2 rings (SSSR count). The summed E-state index contributed by atoms with van der Waals surface area (Å²) in [5, 5.41) is 3.83. The van der Waals surface area contributed by atoms with E-state index >= 15 is 0 Å². The zero-order chi connectivity index (χ0) is 12.3. The van der Waals surface area contributed by atoms with E-state index in [1.54, 1.807) is 0 Å². The maximum absolute atomic E-state index is 5.89. The number of nitrogens with one attached hydrogen (secondary N) is 1. The molecule has 2 aliphatic carbocycles. The van der Waals surface area contributed by atoms with Gasteiger partial charge in [0.2, 0.25) is 0 Å². The first-order chi connectivity index (χ1) is 8.18. The summed E-state index contributed by atoms with van der Waals surface area (Å²) in [7, 11) is 4.45. The normalized spacial score (nSPS) is 32.5. The highest BCUT2D eigenvalue weighted by molar-refractivity contribution is 4.98. The summed E-state index contributed by atoms with van der Waals surface area (Å²) in [4.78, 5) is 2.42. The lowest BCUT2D eigenvalue weighted by molar-refractivity contribution is 0.0525. The van der Waals surface area contributed by atoms with Crippen molar-refractivity contribution in [2.75, 3.05) is 27.2 Å². The Labute approximate surface area is 106 Å². The van der Waals surface area contributed by atoms with E-state index in [0.717, 1.165) is 13.1 Å². The number of nitrogens with zero attached hydrogens (tertiary/aromatic N) is 1. The van der Waals surface area contributed by atoms with Gasteiger partial charge in [-0.2, -0.15) is 0 Å². The van der Waals surface area contributed by atoms with Crippen LogP contribution < -0.4 is 11.1 Å². The van der Waals surface area contributed by atoms with Crippen molar-refractivity contribution in [2.24, 2.45) is 11.7 Å². The second-order valence-electron chi connectivity index (χ2n) is 6.24. The fraction of sp³-hybridized carbons (Fsp3) is 1.00. The highest BCUT2D eigenvalue weighted by Crippen LogP contribution is 2.36. The van der Waals surface area contributed by atoms with Crippen molar-refractivity contribution in [1.82, 2.24) is 10.2 Å². The first kappa shape index (κ1) is 13.3. The summed E-state index contributed by atoms with van der Waals surface area (Å²) in [6.45, 7) is 2.01. The Bertz CT molecular complexity index is 236. The summed E-state index contributed by atoms with van der Waals surface area (Å²) >= 11 is 0. The molecule has 2 unspecified atom stereocenters. The number of nitrogens with two attached hydrogens (primary N) is 1. The van der Waals surface area contributed by atoms with Gasteiger partial charge in [0.1, 0.15) is 0 Å². The quantitative estimate of drug-likeness (QED) is 0.765. The molecule has 17 heavy (non-hydrogen) atoms. The predicted octanol–water partition coefficient (Wildman–Crippen LogP) is 1.58. The molecule has 0 aromatic heterocycles. The van der Waals surface area contributed by atoms with Crippen molar-refractivity contribution in [3.63, 3.8) is 0 Å². The molecule has 0 aromatic carbocycles. The molecule has 2 atom stereocenters. The summed E-state index contributed by atoms with van der Waals surface area (Å²) in [5.74, 6) is 0.711. The van der Waals surface area contributed by atoms with Gasteiger partial charge in [-0.1, -0.05) is 12.8 Å². The highest BCUT2D eigenvalue weighted by atomic mass is 15.2. The van der Waals surface area contributed by atoms with Crippen LogP contribution in [0.1, 0.15) is 44.9 Å². The van der Waals surface area contributed by atoms with Gasteiger partial charge in [0.15, 0.2) is 0 Å². The van der Waals surface area contributed by atoms with E-state index < -0.39 is 0 Å². The Kier molecular flexibility index (Phi) is 4.45. The SMILES string of the molecule is CN(C)C1(CNC2CCCCC2CN)CCC1. The summed E-state index contributed by atoms with van der Waals surface area (Å²) in [6, 6.07) is 0.672. The van der Waals surface area contributed by atoms with Crippen LogP contribution in [-0.4, -0.2) is 43.7 Å². The van der Waals surface area contributed by atoms with Crippen molar-refractivity contribution < 1.29 is 0 Å². The number of hydrogen-bond donors (Lipinski definition) is 2. The second-order valence-corrected chi connectivity index (χ2v) is 6.24. The van der Waals surface area contributed by atoms with E-state index in [-0.39, 0.29) is 0 Å². The van der Waals surface area contributed by atoms with Gasteiger partial charge >= 0.3 is 0 Å². The molecular weight excluding hydrogens is 210 g/mol. The standard InChI is InChI=1S/C14H29N3/c1-17(2)14(8-5-9-14)11-16-13-7-4-3-6-12(13)10-15/h12-13,16H,3-11,15H2,1-2H3. The van der Waals surface area contributed by atoms with Gasteiger partial charge in [0, 0.05) is 18.1 Å². The van der Waals surface area contributed by atoms with E-state index in [4.69, 9.17) is 5.73 Å². The molecule has 0 amide bonds. The number of likely N-dealkylation sites (N-methyl/N-ethyl adjacent to an activating group) is 1. The lowest BCUT2D eigenvalue weighted by atomic mass is 9.75. The molecule has 0 aliphatic heterocycles. The van der Waals surface area contributed by atoms with E-state index in [1.165, 1.54) is 44.9 Å². The summed E-state index contributed by atoms with van der Waals surface area (Å²) in [6.07, 6.45) is 9.50. The molecule has 0 radical (unpaired) electrons. The van der Waals surface area contributed by atoms with E-state index in [1.807, 2.05) is 0 Å². The molecule has 3 nitrogen and oxygen atoms in total. The van der Waals surface area contributed by atoms with Crippen LogP contribution in [0.15, 0.2) is 0 Å². The molecule has 0 bridgehead atoms. The van der Waals surface area contributed by atoms with Crippen LogP contribution in [0.3, 0.4) is 0 Å². The molecule has 0 aromatic rings. The first-order valence-corrected chi connectivity index (χ1v) is 7.29. The Hall–Kier alpha value is -0.120. The van der Waals surface area contributed by atoms with E-state index in [2.05, 4.69) is 24.3 Å². The van der Waals surface area contributed by atoms with Crippen molar-refractivity contribution in [3.8, 4) is 0 Å². The fourth-order valence-electron chi connectivity index (χ4n) is 3.45. The zero-order valence-electron chi connectivity index (χ0n) is 11.5. The van der Waals surface area contributed by atoms with Crippen molar-refractivity contribution in [1.29, 1.82) is 0 Å². The van der Waals surface area contributed by atoms with Crippen LogP contribution in [0.4, 0.5) is 0 Å². The van der Waals surface area contributed by atoms with Gasteiger partial charge in [0.25, 0.3) is 0 Å². The van der Waals surface area contributed by atoms with Crippen LogP contribution in [0.2, 0.25) is 0 Å². The Balaban J connectivity index is 1.83. The third-order valence-corrected chi connectivity index (χ3v) is 5.14. The van der Waals surface area contributed by atoms with Crippen molar-refractivity contribution in [2.45, 2.75) is 56.5 Å². The Morgan fingerprint density at radius 3 is 2.41 bits per heavy atom. The molecule has 0 saturated heterocycles. The van der Waals surface area contributed by atoms with Crippen molar-refractivity contribution >= 4 is 0 Å². The average molecular weight is 239 g/mol. The molecule has 2 aliphatic rings. The van der Waals surface area contributed by atoms with Gasteiger partial charge in [-0.3, -0.25) is 0 Å². The third kappa shape index (κ3) is 2.83. The molecule has 3 heteroatoms. The van der Waals surface area contributed by atoms with Crippen LogP contribution in [0.25, 0.3) is 0 Å². The largest absolute Gasteiger partial charge is 0.330 e. The van der Waals surface area contributed by atoms with Crippen LogP contribution in [0.5, 0.6) is 0 Å². The van der Waals surface area contributed by atoms with E-state index in [0.29, 0.717) is 17.5 Å². The van der Waals surface area contributed by atoms with Crippen LogP contribution in [-0.2, 0) is 0 Å². The molecule has 100 valence electrons. The summed E-state index contributed by atoms with van der Waals surface area (Å²) < 4.78 is 0. The molecule has 0 spiro atoms. The zero-order valence-corrected chi connectivity index (χ0v) is 11.5. The minimum atomic E-state index is 0.441. The van der Waals surface area contributed by atoms with Gasteiger partial charge in [-0.15, -0.1) is 0 Å². The van der Waals surface area contributed by atoms with Gasteiger partial charge in [0.05, 0.1) is 0 Å². The van der Waals surface area contributed by atoms with Gasteiger partial charge < -0.3 is 16.0 Å². The first-order valence-electron chi connectivity index (χ1n) is 7.29. The maximum Gasteiger partial charge on any atom is 0.0328 e. The average Bonchev–Trinajstić information content (AvgIpc) is 2.27. The lowest BCUT2D eigenvalue weighted by Crippen LogP contribution is -2.59. The monoisotopic (exact) mass is 239 g/mol. The third-order valence-electron chi connectivity index (χ3n) is 5.14. The van der Waals surface area contributed by atoms with Crippen molar-refractivity contribution in [3.05, 3.63) is 0 Å². The van der Waals surface area contributed by atoms with Crippen LogP contribution in [0, 0.1) is 5.92 Å². The molecule has 3 N–H and O–H groups in total. The number of rotatable bonds is 5. The lowest BCUT2D eigenvalue weighted by Gasteiger charge is -2.49. The molecular formula is C14H29N3. The minimum absolute atomic E-state index is 0.441. The minimum Gasteiger partial charge on any atom is -0.330 e. The fourth-order valence-corrected chi connectivity index (χ4v) is 3.45. The van der Waals surface area contributed by atoms with Gasteiger partial charge in [-0.25, -0.2) is 0 Å². The summed E-state index contributed by atoms with van der Waals surface area (Å²) in [5.41, 5.74) is 6.33. The Morgan fingerprint density at radius 1 is 1.18 bits per heavy atom. The topological polar surface area (TPSA) is 41.3 Å². The maximum atomic E-state index is 5.89. The second kappa shape index (κ2) is 5.68. The molecule has 2 fully saturated rings. The smallest absolute Gasteiger partial charge is 0.0328 e. The van der Waals surface area contributed by atoms with Crippen LogP contribution >= 0.6 is 0 Å². The molecule has 2 saturated carbocycles. The Morgan fingerprint density at radius 2 is 1.88 bits per heavy atom. The number of hydrogen-bond acceptors (Lipinski definition) is 3. The molecule has 0 heterocycles. The highest BCUT2D eigenvalue weighted by Gasteiger charge is 2.39.